The Morgan fingerprint density at radius 2 is 2.16 bits per heavy atom. The zero-order valence-electron chi connectivity index (χ0n) is 13.5. The molecule has 1 N–H and O–H groups in total. The Morgan fingerprint density at radius 3 is 2.88 bits per heavy atom. The molecule has 6 nitrogen and oxygen atoms in total. The quantitative estimate of drug-likeness (QED) is 0.865. The molecule has 0 amide bonds. The minimum Gasteiger partial charge on any atom is -0.268 e. The molecule has 0 fully saturated rings. The third kappa shape index (κ3) is 4.26. The maximum atomic E-state index is 13.1. The van der Waals surface area contributed by atoms with E-state index in [1.54, 1.807) is 7.05 Å². The van der Waals surface area contributed by atoms with Crippen LogP contribution in [0.2, 0.25) is 5.02 Å². The molecule has 0 radical (unpaired) electrons. The first-order valence-corrected chi connectivity index (χ1v) is 9.76. The highest BCUT2D eigenvalue weighted by atomic mass is 35.5. The van der Waals surface area contributed by atoms with Gasteiger partial charge in [0.05, 0.1) is 11.4 Å². The first kappa shape index (κ1) is 18.0. The molecule has 1 aromatic heterocycles. The zero-order valence-corrected chi connectivity index (χ0v) is 15.1. The van der Waals surface area contributed by atoms with Gasteiger partial charge in [0, 0.05) is 24.2 Å². The van der Waals surface area contributed by atoms with Crippen LogP contribution in [0.3, 0.4) is 0 Å². The van der Waals surface area contributed by atoms with Crippen LogP contribution < -0.4 is 10.3 Å². The molecule has 3 rings (SSSR count). The van der Waals surface area contributed by atoms with Crippen molar-refractivity contribution in [2.75, 3.05) is 0 Å². The molecule has 1 aliphatic carbocycles. The van der Waals surface area contributed by atoms with E-state index in [2.05, 4.69) is 9.82 Å². The Balaban J connectivity index is 1.73. The van der Waals surface area contributed by atoms with Crippen molar-refractivity contribution in [2.45, 2.75) is 31.1 Å². The Bertz CT molecular complexity index is 975. The van der Waals surface area contributed by atoms with E-state index in [0.717, 1.165) is 17.3 Å². The first-order chi connectivity index (χ1) is 11.7. The zero-order chi connectivity index (χ0) is 18.2. The van der Waals surface area contributed by atoms with Gasteiger partial charge >= 0.3 is 0 Å². The number of hydrogen-bond acceptors (Lipinski definition) is 4. The van der Waals surface area contributed by atoms with Gasteiger partial charge in [0.1, 0.15) is 5.82 Å². The maximum Gasteiger partial charge on any atom is 0.266 e. The molecule has 1 unspecified atom stereocenters. The molecule has 0 bridgehead atoms. The van der Waals surface area contributed by atoms with Gasteiger partial charge in [-0.25, -0.2) is 22.2 Å². The molecular formula is C16H17ClFN3O3S. The smallest absolute Gasteiger partial charge is 0.266 e. The maximum absolute atomic E-state index is 13.1. The second-order valence-electron chi connectivity index (χ2n) is 6.13. The molecular weight excluding hydrogens is 369 g/mol. The first-order valence-electron chi connectivity index (χ1n) is 7.73. The van der Waals surface area contributed by atoms with Crippen LogP contribution in [-0.2, 0) is 35.7 Å². The Kier molecular flexibility index (Phi) is 4.95. The van der Waals surface area contributed by atoms with Crippen LogP contribution in [-0.4, -0.2) is 24.2 Å². The van der Waals surface area contributed by atoms with Crippen LogP contribution in [0.5, 0.6) is 0 Å². The topological polar surface area (TPSA) is 81.1 Å². The monoisotopic (exact) mass is 385 g/mol. The highest BCUT2D eigenvalue weighted by molar-refractivity contribution is 7.88. The molecule has 1 heterocycles. The number of halogens is 2. The van der Waals surface area contributed by atoms with Gasteiger partial charge in [0.25, 0.3) is 5.56 Å². The second-order valence-corrected chi connectivity index (χ2v) is 8.29. The van der Waals surface area contributed by atoms with Crippen LogP contribution in [0, 0.1) is 5.82 Å². The van der Waals surface area contributed by atoms with Crippen molar-refractivity contribution in [1.82, 2.24) is 14.5 Å². The van der Waals surface area contributed by atoms with Crippen molar-refractivity contribution in [1.29, 1.82) is 0 Å². The number of fused-ring (bicyclic) bond motifs is 1. The summed E-state index contributed by atoms with van der Waals surface area (Å²) in [4.78, 5) is 11.7. The van der Waals surface area contributed by atoms with E-state index >= 15 is 0 Å². The predicted molar refractivity (Wildman–Crippen MR) is 92.5 cm³/mol. The summed E-state index contributed by atoms with van der Waals surface area (Å²) >= 11 is 5.90. The van der Waals surface area contributed by atoms with E-state index < -0.39 is 15.8 Å². The van der Waals surface area contributed by atoms with Crippen LogP contribution in [0.4, 0.5) is 4.39 Å². The van der Waals surface area contributed by atoms with Crippen LogP contribution in [0.1, 0.15) is 23.2 Å². The van der Waals surface area contributed by atoms with Gasteiger partial charge in [-0.05, 0) is 42.5 Å². The van der Waals surface area contributed by atoms with Gasteiger partial charge in [0.15, 0.2) is 0 Å². The summed E-state index contributed by atoms with van der Waals surface area (Å²) in [7, 11) is -2.06. The SMILES string of the molecule is Cn1nc2c(cc1=O)CC(NS(=O)(=O)Cc1ccc(F)cc1Cl)CC2. The number of nitrogens with one attached hydrogen (secondary N) is 1. The lowest BCUT2D eigenvalue weighted by molar-refractivity contribution is 0.491. The highest BCUT2D eigenvalue weighted by Crippen LogP contribution is 2.22. The number of hydrogen-bond donors (Lipinski definition) is 1. The molecule has 1 aliphatic rings. The van der Waals surface area contributed by atoms with E-state index in [0.29, 0.717) is 24.8 Å². The fourth-order valence-electron chi connectivity index (χ4n) is 2.93. The van der Waals surface area contributed by atoms with Gasteiger partial charge < -0.3 is 0 Å². The van der Waals surface area contributed by atoms with E-state index in [9.17, 15) is 17.6 Å². The largest absolute Gasteiger partial charge is 0.268 e. The van der Waals surface area contributed by atoms with Crippen molar-refractivity contribution in [3.63, 3.8) is 0 Å². The minimum absolute atomic E-state index is 0.0760. The average Bonchev–Trinajstić information content (AvgIpc) is 2.51. The Labute approximate surface area is 149 Å². The number of aryl methyl sites for hydroxylation is 2. The second kappa shape index (κ2) is 6.86. The molecule has 0 saturated heterocycles. The fraction of sp³-hybridized carbons (Fsp3) is 0.375. The molecule has 25 heavy (non-hydrogen) atoms. The molecule has 0 spiro atoms. The molecule has 2 aromatic rings. The lowest BCUT2D eigenvalue weighted by Gasteiger charge is -2.24. The summed E-state index contributed by atoms with van der Waals surface area (Å²) in [5, 5.41) is 4.28. The van der Waals surface area contributed by atoms with Crippen molar-refractivity contribution >= 4 is 21.6 Å². The Morgan fingerprint density at radius 1 is 1.40 bits per heavy atom. The number of nitrogens with zero attached hydrogens (tertiary/aromatic N) is 2. The number of sulfonamides is 1. The molecule has 0 aliphatic heterocycles. The van der Waals surface area contributed by atoms with Gasteiger partial charge in [-0.3, -0.25) is 4.79 Å². The standard InChI is InChI=1S/C16H17ClFN3O3S/c1-21-16(22)7-11-6-13(4-5-15(11)19-21)20-25(23,24)9-10-2-3-12(18)8-14(10)17/h2-3,7-8,13,20H,4-6,9H2,1H3. The van der Waals surface area contributed by atoms with E-state index in [-0.39, 0.29) is 22.4 Å². The third-order valence-electron chi connectivity index (χ3n) is 4.16. The van der Waals surface area contributed by atoms with Gasteiger partial charge in [-0.15, -0.1) is 0 Å². The van der Waals surface area contributed by atoms with Crippen molar-refractivity contribution in [3.05, 3.63) is 62.3 Å². The summed E-state index contributed by atoms with van der Waals surface area (Å²) in [5.41, 5.74) is 1.70. The van der Waals surface area contributed by atoms with E-state index in [1.165, 1.54) is 22.9 Å². The highest BCUT2D eigenvalue weighted by Gasteiger charge is 2.25. The molecule has 9 heteroatoms. The Hall–Kier alpha value is -1.77. The van der Waals surface area contributed by atoms with Crippen LogP contribution in [0.15, 0.2) is 29.1 Å². The number of rotatable bonds is 4. The average molecular weight is 386 g/mol. The third-order valence-corrected chi connectivity index (χ3v) is 5.90. The van der Waals surface area contributed by atoms with Crippen molar-refractivity contribution in [2.24, 2.45) is 7.05 Å². The molecule has 1 atom stereocenters. The van der Waals surface area contributed by atoms with Gasteiger partial charge in [-0.1, -0.05) is 17.7 Å². The lowest BCUT2D eigenvalue weighted by atomic mass is 9.93. The van der Waals surface area contributed by atoms with E-state index in [4.69, 9.17) is 11.6 Å². The van der Waals surface area contributed by atoms with E-state index in [1.807, 2.05) is 0 Å². The van der Waals surface area contributed by atoms with Crippen molar-refractivity contribution in [3.8, 4) is 0 Å². The van der Waals surface area contributed by atoms with Crippen LogP contribution >= 0.6 is 11.6 Å². The van der Waals surface area contributed by atoms with Crippen molar-refractivity contribution < 1.29 is 12.8 Å². The number of benzene rings is 1. The molecule has 134 valence electrons. The molecule has 1 aromatic carbocycles. The normalized spacial score (nSPS) is 17.3. The lowest BCUT2D eigenvalue weighted by Crippen LogP contribution is -2.40. The summed E-state index contributed by atoms with van der Waals surface area (Å²) in [6.45, 7) is 0. The predicted octanol–water partition coefficient (Wildman–Crippen LogP) is 1.55. The summed E-state index contributed by atoms with van der Waals surface area (Å²) in [6.07, 6.45) is 1.59. The molecule has 0 saturated carbocycles. The van der Waals surface area contributed by atoms with Gasteiger partial charge in [-0.2, -0.15) is 5.10 Å². The number of aromatic nitrogens is 2. The minimum atomic E-state index is -3.65. The summed E-state index contributed by atoms with van der Waals surface area (Å²) < 4.78 is 41.8. The van der Waals surface area contributed by atoms with Crippen LogP contribution in [0.25, 0.3) is 0 Å². The fourth-order valence-corrected chi connectivity index (χ4v) is 4.69. The summed E-state index contributed by atoms with van der Waals surface area (Å²) in [6, 6.07) is 4.81. The van der Waals surface area contributed by atoms with Gasteiger partial charge in [0.2, 0.25) is 10.0 Å². The summed E-state index contributed by atoms with van der Waals surface area (Å²) in [5.74, 6) is -0.846.